The van der Waals surface area contributed by atoms with Crippen LogP contribution in [0.25, 0.3) is 0 Å². The van der Waals surface area contributed by atoms with Gasteiger partial charge >= 0.3 is 0 Å². The van der Waals surface area contributed by atoms with Crippen LogP contribution in [0.3, 0.4) is 0 Å². The van der Waals surface area contributed by atoms with Crippen LogP contribution in [0.15, 0.2) is 23.1 Å². The SMILES string of the molecule is N#Cc1ccc(S(=O)(=O)NCCN2CCCCC2)c(N)c1. The Kier molecular flexibility index (Phi) is 5.17. The van der Waals surface area contributed by atoms with Gasteiger partial charge in [-0.15, -0.1) is 0 Å². The molecule has 0 spiro atoms. The number of sulfonamides is 1. The van der Waals surface area contributed by atoms with Crippen molar-refractivity contribution >= 4 is 15.7 Å². The lowest BCUT2D eigenvalue weighted by Crippen LogP contribution is -2.37. The van der Waals surface area contributed by atoms with Crippen LogP contribution in [0.1, 0.15) is 24.8 Å². The van der Waals surface area contributed by atoms with Gasteiger partial charge in [0.1, 0.15) is 4.90 Å². The second-order valence-corrected chi connectivity index (χ2v) is 6.90. The Hall–Kier alpha value is -1.62. The van der Waals surface area contributed by atoms with Gasteiger partial charge in [-0.1, -0.05) is 6.42 Å². The Balaban J connectivity index is 1.96. The number of nitrogens with zero attached hydrogens (tertiary/aromatic N) is 2. The van der Waals surface area contributed by atoms with Crippen LogP contribution < -0.4 is 10.5 Å². The van der Waals surface area contributed by atoms with E-state index in [2.05, 4.69) is 9.62 Å². The molecule has 1 saturated heterocycles. The van der Waals surface area contributed by atoms with E-state index >= 15 is 0 Å². The summed E-state index contributed by atoms with van der Waals surface area (Å²) in [5.74, 6) is 0. The van der Waals surface area contributed by atoms with Crippen molar-refractivity contribution in [2.45, 2.75) is 24.2 Å². The second kappa shape index (κ2) is 6.89. The first-order chi connectivity index (χ1) is 10.0. The average molecular weight is 308 g/mol. The third-order valence-corrected chi connectivity index (χ3v) is 5.13. The zero-order chi connectivity index (χ0) is 15.3. The number of piperidine rings is 1. The number of likely N-dealkylation sites (tertiary alicyclic amines) is 1. The van der Waals surface area contributed by atoms with Gasteiger partial charge in [-0.05, 0) is 44.1 Å². The molecule has 0 atom stereocenters. The van der Waals surface area contributed by atoms with Crippen LogP contribution in [0.2, 0.25) is 0 Å². The predicted molar refractivity (Wildman–Crippen MR) is 81.0 cm³/mol. The number of hydrogen-bond acceptors (Lipinski definition) is 5. The summed E-state index contributed by atoms with van der Waals surface area (Å²) >= 11 is 0. The van der Waals surface area contributed by atoms with Gasteiger partial charge in [0.25, 0.3) is 0 Å². The van der Waals surface area contributed by atoms with Crippen molar-refractivity contribution in [2.24, 2.45) is 0 Å². The van der Waals surface area contributed by atoms with Gasteiger partial charge in [-0.2, -0.15) is 5.26 Å². The van der Waals surface area contributed by atoms with Crippen LogP contribution in [0.5, 0.6) is 0 Å². The fraction of sp³-hybridized carbons (Fsp3) is 0.500. The van der Waals surface area contributed by atoms with Crippen LogP contribution in [-0.2, 0) is 10.0 Å². The van der Waals surface area contributed by atoms with Gasteiger partial charge in [-0.3, -0.25) is 0 Å². The molecule has 114 valence electrons. The molecule has 21 heavy (non-hydrogen) atoms. The monoisotopic (exact) mass is 308 g/mol. The normalized spacial score (nSPS) is 16.5. The molecule has 1 fully saturated rings. The second-order valence-electron chi connectivity index (χ2n) is 5.16. The van der Waals surface area contributed by atoms with E-state index in [9.17, 15) is 8.42 Å². The molecule has 0 unspecified atom stereocenters. The number of rotatable bonds is 5. The summed E-state index contributed by atoms with van der Waals surface area (Å²) in [6, 6.07) is 6.13. The fourth-order valence-corrected chi connectivity index (χ4v) is 3.59. The van der Waals surface area contributed by atoms with Gasteiger partial charge < -0.3 is 10.6 Å². The van der Waals surface area contributed by atoms with E-state index < -0.39 is 10.0 Å². The first kappa shape index (κ1) is 15.8. The quantitative estimate of drug-likeness (QED) is 0.788. The lowest BCUT2D eigenvalue weighted by Gasteiger charge is -2.26. The van der Waals surface area contributed by atoms with Crippen molar-refractivity contribution in [3.05, 3.63) is 23.8 Å². The lowest BCUT2D eigenvalue weighted by atomic mass is 10.1. The Morgan fingerprint density at radius 1 is 1.29 bits per heavy atom. The third kappa shape index (κ3) is 4.17. The molecule has 0 bridgehead atoms. The van der Waals surface area contributed by atoms with E-state index in [1.165, 1.54) is 37.5 Å². The zero-order valence-corrected chi connectivity index (χ0v) is 12.7. The van der Waals surface area contributed by atoms with E-state index in [0.29, 0.717) is 18.7 Å². The molecule has 3 N–H and O–H groups in total. The molecular weight excluding hydrogens is 288 g/mol. The minimum absolute atomic E-state index is 0.0279. The smallest absolute Gasteiger partial charge is 0.242 e. The number of benzene rings is 1. The van der Waals surface area contributed by atoms with Gasteiger partial charge in [-0.25, -0.2) is 13.1 Å². The number of hydrogen-bond donors (Lipinski definition) is 2. The van der Waals surface area contributed by atoms with Crippen molar-refractivity contribution in [1.29, 1.82) is 5.26 Å². The Bertz CT molecular complexity index is 631. The highest BCUT2D eigenvalue weighted by Crippen LogP contribution is 2.19. The molecule has 7 heteroatoms. The summed E-state index contributed by atoms with van der Waals surface area (Å²) < 4.78 is 27.0. The minimum Gasteiger partial charge on any atom is -0.398 e. The first-order valence-corrected chi connectivity index (χ1v) is 8.53. The van der Waals surface area contributed by atoms with E-state index in [4.69, 9.17) is 11.0 Å². The Morgan fingerprint density at radius 3 is 2.62 bits per heavy atom. The van der Waals surface area contributed by atoms with Crippen LogP contribution in [-0.4, -0.2) is 39.5 Å². The van der Waals surface area contributed by atoms with Gasteiger partial charge in [0.15, 0.2) is 0 Å². The van der Waals surface area contributed by atoms with Crippen molar-refractivity contribution in [3.63, 3.8) is 0 Å². The number of nitrogens with one attached hydrogen (secondary N) is 1. The molecule has 0 aliphatic carbocycles. The summed E-state index contributed by atoms with van der Waals surface area (Å²) in [4.78, 5) is 2.29. The fourth-order valence-electron chi connectivity index (χ4n) is 2.46. The summed E-state index contributed by atoms with van der Waals surface area (Å²) in [7, 11) is -3.63. The molecule has 0 amide bonds. The third-order valence-electron chi connectivity index (χ3n) is 3.60. The summed E-state index contributed by atoms with van der Waals surface area (Å²) in [6.07, 6.45) is 3.61. The van der Waals surface area contributed by atoms with Crippen LogP contribution >= 0.6 is 0 Å². The van der Waals surface area contributed by atoms with E-state index in [1.54, 1.807) is 0 Å². The maximum absolute atomic E-state index is 12.2. The van der Waals surface area contributed by atoms with E-state index in [-0.39, 0.29) is 10.6 Å². The standard InChI is InChI=1S/C14H20N4O2S/c15-11-12-4-5-14(13(16)10-12)21(19,20)17-6-9-18-7-2-1-3-8-18/h4-5,10,17H,1-3,6-9,16H2. The van der Waals surface area contributed by atoms with Crippen LogP contribution in [0, 0.1) is 11.3 Å². The van der Waals surface area contributed by atoms with Gasteiger partial charge in [0, 0.05) is 13.1 Å². The topological polar surface area (TPSA) is 99.2 Å². The lowest BCUT2D eigenvalue weighted by molar-refractivity contribution is 0.233. The highest BCUT2D eigenvalue weighted by molar-refractivity contribution is 7.89. The number of nitrogens with two attached hydrogens (primary N) is 1. The molecule has 1 aliphatic rings. The molecule has 1 aromatic carbocycles. The maximum Gasteiger partial charge on any atom is 0.242 e. The molecule has 6 nitrogen and oxygen atoms in total. The molecule has 0 aromatic heterocycles. The van der Waals surface area contributed by atoms with Gasteiger partial charge in [0.05, 0.1) is 17.3 Å². The summed E-state index contributed by atoms with van der Waals surface area (Å²) in [5.41, 5.74) is 6.16. The predicted octanol–water partition coefficient (Wildman–Crippen LogP) is 0.905. The molecule has 1 heterocycles. The molecule has 1 aliphatic heterocycles. The zero-order valence-electron chi connectivity index (χ0n) is 11.9. The number of nitrogen functional groups attached to an aromatic ring is 1. The first-order valence-electron chi connectivity index (χ1n) is 7.04. The highest BCUT2D eigenvalue weighted by Gasteiger charge is 2.18. The number of nitriles is 1. The largest absolute Gasteiger partial charge is 0.398 e. The Labute approximate surface area is 125 Å². The minimum atomic E-state index is -3.63. The van der Waals surface area contributed by atoms with Crippen molar-refractivity contribution in [3.8, 4) is 6.07 Å². The highest BCUT2D eigenvalue weighted by atomic mass is 32.2. The maximum atomic E-state index is 12.2. The molecule has 2 rings (SSSR count). The Morgan fingerprint density at radius 2 is 2.00 bits per heavy atom. The molecule has 0 saturated carbocycles. The number of anilines is 1. The van der Waals surface area contributed by atoms with E-state index in [1.807, 2.05) is 6.07 Å². The summed E-state index contributed by atoms with van der Waals surface area (Å²) in [5, 5.41) is 8.77. The van der Waals surface area contributed by atoms with E-state index in [0.717, 1.165) is 13.1 Å². The summed E-state index contributed by atoms with van der Waals surface area (Å²) in [6.45, 7) is 3.12. The molecule has 1 aromatic rings. The van der Waals surface area contributed by atoms with Crippen molar-refractivity contribution in [1.82, 2.24) is 9.62 Å². The molecular formula is C14H20N4O2S. The van der Waals surface area contributed by atoms with Crippen molar-refractivity contribution < 1.29 is 8.42 Å². The van der Waals surface area contributed by atoms with Gasteiger partial charge in [0.2, 0.25) is 10.0 Å². The van der Waals surface area contributed by atoms with Crippen LogP contribution in [0.4, 0.5) is 5.69 Å². The van der Waals surface area contributed by atoms with Crippen molar-refractivity contribution in [2.75, 3.05) is 31.9 Å². The average Bonchev–Trinajstić information content (AvgIpc) is 2.47. The molecule has 0 radical (unpaired) electrons.